The molecule has 3 N–H and O–H groups in total. The Kier molecular flexibility index (Phi) is 5.56. The maximum atomic E-state index is 11.8. The zero-order valence-corrected chi connectivity index (χ0v) is 17.5. The van der Waals surface area contributed by atoms with E-state index in [1.165, 1.54) is 0 Å². The van der Waals surface area contributed by atoms with Crippen molar-refractivity contribution in [1.29, 1.82) is 0 Å². The Morgan fingerprint density at radius 3 is 2.83 bits per heavy atom. The number of H-pyrrole nitrogens is 1. The number of furan rings is 1. The Hall–Kier alpha value is -2.83. The molecule has 0 unspecified atom stereocenters. The summed E-state index contributed by atoms with van der Waals surface area (Å²) < 4.78 is 6.97. The van der Waals surface area contributed by atoms with Crippen LogP contribution in [0, 0.1) is 6.92 Å². The van der Waals surface area contributed by atoms with Gasteiger partial charge in [-0.2, -0.15) is 0 Å². The van der Waals surface area contributed by atoms with E-state index in [4.69, 9.17) is 4.42 Å². The van der Waals surface area contributed by atoms with Gasteiger partial charge in [0, 0.05) is 33.6 Å². The van der Waals surface area contributed by atoms with Gasteiger partial charge in [0.15, 0.2) is 0 Å². The molecule has 4 rings (SSSR count). The lowest BCUT2D eigenvalue weighted by atomic mass is 10.0. The first-order valence-electron chi connectivity index (χ1n) is 9.37. The number of carboxylic acids is 1. The number of nitrogens with one attached hydrogen (secondary N) is 2. The van der Waals surface area contributed by atoms with Gasteiger partial charge in [0.05, 0.1) is 6.54 Å². The first-order valence-corrected chi connectivity index (χ1v) is 10.2. The summed E-state index contributed by atoms with van der Waals surface area (Å²) >= 11 is 3.47. The Labute approximate surface area is 176 Å². The highest BCUT2D eigenvalue weighted by Crippen LogP contribution is 2.28. The summed E-state index contributed by atoms with van der Waals surface area (Å²) in [6.07, 6.45) is 2.27. The van der Waals surface area contributed by atoms with Gasteiger partial charge in [0.2, 0.25) is 0 Å². The topological polar surface area (TPSA) is 78.3 Å². The molecule has 0 saturated carbocycles. The van der Waals surface area contributed by atoms with E-state index in [9.17, 15) is 9.90 Å². The Morgan fingerprint density at radius 2 is 2.03 bits per heavy atom. The molecule has 148 valence electrons. The minimum Gasteiger partial charge on any atom is -0.480 e. The van der Waals surface area contributed by atoms with Crippen LogP contribution < -0.4 is 5.32 Å². The van der Waals surface area contributed by atoms with Crippen molar-refractivity contribution in [3.63, 3.8) is 0 Å². The smallest absolute Gasteiger partial charge is 0.321 e. The number of carbonyl (C=O) groups is 1. The molecular weight excluding hydrogens is 432 g/mol. The van der Waals surface area contributed by atoms with Crippen molar-refractivity contribution < 1.29 is 14.3 Å². The highest BCUT2D eigenvalue weighted by Gasteiger charge is 2.20. The third-order valence-electron chi connectivity index (χ3n) is 5.04. The van der Waals surface area contributed by atoms with E-state index in [1.54, 1.807) is 0 Å². The van der Waals surface area contributed by atoms with Crippen LogP contribution in [-0.4, -0.2) is 22.1 Å². The maximum absolute atomic E-state index is 11.8. The number of fused-ring (bicyclic) bond motifs is 1. The van der Waals surface area contributed by atoms with Gasteiger partial charge in [-0.25, -0.2) is 0 Å². The second-order valence-electron chi connectivity index (χ2n) is 7.06. The van der Waals surface area contributed by atoms with Crippen LogP contribution in [0.5, 0.6) is 0 Å². The van der Waals surface area contributed by atoms with Crippen molar-refractivity contribution in [2.75, 3.05) is 0 Å². The Balaban J connectivity index is 1.46. The second-order valence-corrected chi connectivity index (χ2v) is 7.98. The number of hydrogen-bond donors (Lipinski definition) is 3. The van der Waals surface area contributed by atoms with E-state index in [0.29, 0.717) is 18.7 Å². The third-order valence-corrected chi connectivity index (χ3v) is 5.53. The number of carboxylic acid groups (broad SMARTS) is 1. The number of benzene rings is 2. The summed E-state index contributed by atoms with van der Waals surface area (Å²) in [5.41, 5.74) is 4.11. The van der Waals surface area contributed by atoms with E-state index in [-0.39, 0.29) is 0 Å². The molecule has 4 aromatic rings. The fraction of sp³-hybridized carbons (Fsp3) is 0.174. The van der Waals surface area contributed by atoms with Crippen molar-refractivity contribution in [2.45, 2.75) is 25.9 Å². The molecule has 2 aromatic heterocycles. The lowest BCUT2D eigenvalue weighted by Gasteiger charge is -2.13. The fourth-order valence-corrected chi connectivity index (χ4v) is 3.99. The number of rotatable bonds is 7. The number of aliphatic carboxylic acids is 1. The molecule has 6 heteroatoms. The van der Waals surface area contributed by atoms with Crippen LogP contribution in [0.2, 0.25) is 0 Å². The molecule has 1 atom stereocenters. The van der Waals surface area contributed by atoms with Crippen molar-refractivity contribution in [3.8, 4) is 11.3 Å². The van der Waals surface area contributed by atoms with E-state index in [2.05, 4.69) is 26.2 Å². The van der Waals surface area contributed by atoms with Crippen LogP contribution in [0.25, 0.3) is 22.2 Å². The monoisotopic (exact) mass is 452 g/mol. The van der Waals surface area contributed by atoms with Crippen LogP contribution in [-0.2, 0) is 17.8 Å². The van der Waals surface area contributed by atoms with Crippen molar-refractivity contribution in [2.24, 2.45) is 0 Å². The molecule has 2 aromatic carbocycles. The first-order chi connectivity index (χ1) is 14.0. The Bertz CT molecular complexity index is 1160. The molecule has 0 fully saturated rings. The fourth-order valence-electron chi connectivity index (χ4n) is 3.51. The first kappa shape index (κ1) is 19.5. The van der Waals surface area contributed by atoms with E-state index >= 15 is 0 Å². The largest absolute Gasteiger partial charge is 0.480 e. The van der Waals surface area contributed by atoms with E-state index in [0.717, 1.165) is 37.8 Å². The van der Waals surface area contributed by atoms with Crippen molar-refractivity contribution in [3.05, 3.63) is 82.2 Å². The van der Waals surface area contributed by atoms with Gasteiger partial charge in [-0.15, -0.1) is 0 Å². The van der Waals surface area contributed by atoms with Gasteiger partial charge in [0.1, 0.15) is 17.6 Å². The SMILES string of the molecule is Cc1cc(Br)ccc1-c1ccc(CN[C@@H](Cc2c[nH]c3ccccc23)C(=O)O)o1. The van der Waals surface area contributed by atoms with Gasteiger partial charge in [-0.05, 0) is 54.4 Å². The van der Waals surface area contributed by atoms with E-state index in [1.807, 2.05) is 67.7 Å². The predicted molar refractivity (Wildman–Crippen MR) is 117 cm³/mol. The van der Waals surface area contributed by atoms with Gasteiger partial charge in [-0.1, -0.05) is 34.1 Å². The summed E-state index contributed by atoms with van der Waals surface area (Å²) in [5.74, 6) is 0.591. The highest BCUT2D eigenvalue weighted by atomic mass is 79.9. The second kappa shape index (κ2) is 8.27. The average molecular weight is 453 g/mol. The summed E-state index contributed by atoms with van der Waals surface area (Å²) in [4.78, 5) is 15.0. The summed E-state index contributed by atoms with van der Waals surface area (Å²) in [7, 11) is 0. The lowest BCUT2D eigenvalue weighted by Crippen LogP contribution is -2.37. The predicted octanol–water partition coefficient (Wildman–Crippen LogP) is 5.28. The number of aromatic nitrogens is 1. The number of para-hydroxylation sites is 1. The summed E-state index contributed by atoms with van der Waals surface area (Å²) in [6.45, 7) is 2.37. The van der Waals surface area contributed by atoms with Crippen LogP contribution in [0.1, 0.15) is 16.9 Å². The van der Waals surface area contributed by atoms with Gasteiger partial charge >= 0.3 is 5.97 Å². The normalized spacial score (nSPS) is 12.3. The number of aryl methyl sites for hydroxylation is 1. The lowest BCUT2D eigenvalue weighted by molar-refractivity contribution is -0.139. The minimum atomic E-state index is -0.884. The van der Waals surface area contributed by atoms with Crippen LogP contribution in [0.3, 0.4) is 0 Å². The van der Waals surface area contributed by atoms with Gasteiger partial charge < -0.3 is 14.5 Å². The number of halogens is 1. The molecule has 0 saturated heterocycles. The third kappa shape index (κ3) is 4.28. The molecule has 29 heavy (non-hydrogen) atoms. The van der Waals surface area contributed by atoms with Gasteiger partial charge in [-0.3, -0.25) is 10.1 Å². The van der Waals surface area contributed by atoms with Crippen LogP contribution in [0.15, 0.2) is 69.7 Å². The molecular formula is C23H21BrN2O3. The zero-order valence-electron chi connectivity index (χ0n) is 15.9. The highest BCUT2D eigenvalue weighted by molar-refractivity contribution is 9.10. The van der Waals surface area contributed by atoms with Crippen LogP contribution in [0.4, 0.5) is 0 Å². The molecule has 0 bridgehead atoms. The molecule has 0 amide bonds. The molecule has 0 spiro atoms. The Morgan fingerprint density at radius 1 is 1.21 bits per heavy atom. The zero-order chi connectivity index (χ0) is 20.4. The molecule has 5 nitrogen and oxygen atoms in total. The van der Waals surface area contributed by atoms with Crippen LogP contribution >= 0.6 is 15.9 Å². The molecule has 0 radical (unpaired) electrons. The summed E-state index contributed by atoms with van der Waals surface area (Å²) in [6, 6.07) is 17.0. The molecule has 2 heterocycles. The number of hydrogen-bond acceptors (Lipinski definition) is 3. The number of aromatic amines is 1. The average Bonchev–Trinajstić information content (AvgIpc) is 3.32. The van der Waals surface area contributed by atoms with Gasteiger partial charge in [0.25, 0.3) is 0 Å². The minimum absolute atomic E-state index is 0.342. The molecule has 0 aliphatic rings. The molecule has 0 aliphatic heterocycles. The van der Waals surface area contributed by atoms with Crippen molar-refractivity contribution >= 4 is 32.8 Å². The standard InChI is InChI=1S/C23H21BrN2O3/c1-14-10-16(24)6-8-18(14)22-9-7-17(29-22)13-26-21(23(27)28)11-15-12-25-20-5-3-2-4-19(15)20/h2-10,12,21,25-26H,11,13H2,1H3,(H,27,28)/t21-/m0/s1. The van der Waals surface area contributed by atoms with E-state index < -0.39 is 12.0 Å². The molecule has 0 aliphatic carbocycles. The van der Waals surface area contributed by atoms with Crippen molar-refractivity contribution in [1.82, 2.24) is 10.3 Å². The quantitative estimate of drug-likeness (QED) is 0.356. The summed E-state index contributed by atoms with van der Waals surface area (Å²) in [5, 5.41) is 13.8. The maximum Gasteiger partial charge on any atom is 0.321 e.